The molecule has 0 spiro atoms. The van der Waals surface area contributed by atoms with Gasteiger partial charge in [-0.05, 0) is 6.42 Å². The normalized spacial score (nSPS) is 9.67. The van der Waals surface area contributed by atoms with Crippen molar-refractivity contribution in [3.63, 3.8) is 0 Å². The summed E-state index contributed by atoms with van der Waals surface area (Å²) in [4.78, 5) is 10.2. The van der Waals surface area contributed by atoms with Crippen LogP contribution in [-0.2, 0) is 4.79 Å². The fourth-order valence-electron chi connectivity index (χ4n) is 1.59. The molecule has 0 bridgehead atoms. The Morgan fingerprint density at radius 1 is 0.933 bits per heavy atom. The molecule has 0 radical (unpaired) electrons. The molecule has 3 heteroatoms. The first kappa shape index (κ1) is 18.6. The summed E-state index contributed by atoms with van der Waals surface area (Å²) in [5.41, 5.74) is 0. The Labute approximate surface area is 144 Å². The molecular weight excluding hydrogens is 262 g/mol. The first-order valence-corrected chi connectivity index (χ1v) is 5.99. The van der Waals surface area contributed by atoms with Crippen LogP contribution >= 0.6 is 0 Å². The zero-order valence-corrected chi connectivity index (χ0v) is 15.3. The number of carboxylic acid groups (broad SMARTS) is 1. The first-order valence-electron chi connectivity index (χ1n) is 5.99. The maximum atomic E-state index is 10.2. The number of rotatable bonds is 10. The Morgan fingerprint density at radius 2 is 1.33 bits per heavy atom. The van der Waals surface area contributed by atoms with Gasteiger partial charge in [-0.25, -0.2) is 0 Å². The Balaban J connectivity index is -0.000000845. The number of carboxylic acids is 1. The van der Waals surface area contributed by atoms with Crippen LogP contribution in [0.15, 0.2) is 0 Å². The average Bonchev–Trinajstić information content (AvgIpc) is 2.15. The molecule has 0 rings (SSSR count). The molecule has 0 amide bonds. The van der Waals surface area contributed by atoms with E-state index in [-0.39, 0.29) is 59.6 Å². The predicted octanol–water partition coefficient (Wildman–Crippen LogP) is 1.11. The summed E-state index contributed by atoms with van der Waals surface area (Å²) in [6, 6.07) is 0. The van der Waals surface area contributed by atoms with Crippen LogP contribution < -0.4 is 58.2 Å². The average molecular weight is 287 g/mol. The fraction of sp³-hybridized carbons (Fsp3) is 0.917. The number of hydrogen-bond donors (Lipinski definition) is 1. The van der Waals surface area contributed by atoms with Gasteiger partial charge >= 0.3 is 64.2 Å². The molecule has 0 aliphatic rings. The molecule has 0 saturated heterocycles. The van der Waals surface area contributed by atoms with Crippen LogP contribution in [-0.4, -0.2) is 11.1 Å². The molecule has 0 unspecified atom stereocenters. The van der Waals surface area contributed by atoms with Crippen molar-refractivity contribution in [1.29, 1.82) is 0 Å². The van der Waals surface area contributed by atoms with E-state index in [1.54, 1.807) is 0 Å². The Kier molecular flexibility index (Phi) is 19.0. The molecule has 0 heterocycles. The fourth-order valence-corrected chi connectivity index (χ4v) is 1.59. The van der Waals surface area contributed by atoms with Gasteiger partial charge in [0, 0.05) is 6.42 Å². The third-order valence-electron chi connectivity index (χ3n) is 2.49. The SMILES string of the molecule is CCCCCCCCCCCC(=O)O.[H-].[Rb+]. The molecule has 15 heavy (non-hydrogen) atoms. The van der Waals surface area contributed by atoms with Gasteiger partial charge in [0.15, 0.2) is 0 Å². The van der Waals surface area contributed by atoms with E-state index in [0.717, 1.165) is 12.8 Å². The van der Waals surface area contributed by atoms with E-state index in [9.17, 15) is 4.79 Å². The maximum Gasteiger partial charge on any atom is 1.00 e. The monoisotopic (exact) mass is 286 g/mol. The van der Waals surface area contributed by atoms with Gasteiger partial charge in [-0.1, -0.05) is 58.3 Å². The molecule has 0 aliphatic carbocycles. The van der Waals surface area contributed by atoms with Gasteiger partial charge in [0.25, 0.3) is 0 Å². The van der Waals surface area contributed by atoms with Crippen molar-refractivity contribution >= 4 is 5.97 Å². The van der Waals surface area contributed by atoms with Gasteiger partial charge in [0.05, 0.1) is 0 Å². The first-order chi connectivity index (χ1) is 6.77. The number of carbonyl (C=O) groups is 1. The topological polar surface area (TPSA) is 37.3 Å². The number of aliphatic carboxylic acids is 1. The standard InChI is InChI=1S/C12H24O2.Rb.H/c1-2-3-4-5-6-7-8-9-10-11-12(13)14;;/h2-11H2,1H3,(H,13,14);;/q;+1;-1. The second-order valence-corrected chi connectivity index (χ2v) is 3.97. The molecule has 0 fully saturated rings. The summed E-state index contributed by atoms with van der Waals surface area (Å²) in [6.45, 7) is 2.23. The van der Waals surface area contributed by atoms with Gasteiger partial charge in [-0.3, -0.25) is 4.79 Å². The molecule has 2 nitrogen and oxygen atoms in total. The summed E-state index contributed by atoms with van der Waals surface area (Å²) in [5, 5.41) is 8.41. The Morgan fingerprint density at radius 3 is 1.73 bits per heavy atom. The quantitative estimate of drug-likeness (QED) is 0.611. The van der Waals surface area contributed by atoms with Crippen LogP contribution in [0.2, 0.25) is 0 Å². The van der Waals surface area contributed by atoms with Crippen molar-refractivity contribution in [3.8, 4) is 0 Å². The molecular formula is C12H25O2Rb. The molecule has 0 aromatic rings. The van der Waals surface area contributed by atoms with Gasteiger partial charge < -0.3 is 6.53 Å². The van der Waals surface area contributed by atoms with E-state index < -0.39 is 5.97 Å². The van der Waals surface area contributed by atoms with Gasteiger partial charge in [0.2, 0.25) is 0 Å². The second-order valence-electron chi connectivity index (χ2n) is 3.97. The van der Waals surface area contributed by atoms with E-state index in [1.165, 1.54) is 44.9 Å². The number of unbranched alkanes of at least 4 members (excludes halogenated alkanes) is 8. The van der Waals surface area contributed by atoms with Crippen LogP contribution in [0, 0.1) is 0 Å². The molecule has 86 valence electrons. The largest absolute Gasteiger partial charge is 1.00 e. The van der Waals surface area contributed by atoms with Crippen LogP contribution in [0.25, 0.3) is 0 Å². The molecule has 1 N–H and O–H groups in total. The minimum atomic E-state index is -0.659. The van der Waals surface area contributed by atoms with Crippen molar-refractivity contribution in [2.45, 2.75) is 71.1 Å². The second kappa shape index (κ2) is 15.3. The Bertz CT molecular complexity index is 143. The number of hydrogen-bond acceptors (Lipinski definition) is 1. The smallest absolute Gasteiger partial charge is 1.00 e. The molecule has 0 aromatic carbocycles. The van der Waals surface area contributed by atoms with Crippen molar-refractivity contribution in [2.24, 2.45) is 0 Å². The zero-order valence-electron chi connectivity index (χ0n) is 11.4. The van der Waals surface area contributed by atoms with Crippen molar-refractivity contribution in [3.05, 3.63) is 0 Å². The van der Waals surface area contributed by atoms with Crippen LogP contribution in [0.5, 0.6) is 0 Å². The summed E-state index contributed by atoms with van der Waals surface area (Å²) in [6.07, 6.45) is 11.5. The van der Waals surface area contributed by atoms with Gasteiger partial charge in [-0.2, -0.15) is 0 Å². The van der Waals surface area contributed by atoms with Crippen molar-refractivity contribution in [1.82, 2.24) is 0 Å². The van der Waals surface area contributed by atoms with Gasteiger partial charge in [0.1, 0.15) is 0 Å². The van der Waals surface area contributed by atoms with E-state index >= 15 is 0 Å². The summed E-state index contributed by atoms with van der Waals surface area (Å²) < 4.78 is 0. The summed E-state index contributed by atoms with van der Waals surface area (Å²) in [5.74, 6) is -0.659. The maximum absolute atomic E-state index is 10.2. The van der Waals surface area contributed by atoms with E-state index in [4.69, 9.17) is 5.11 Å². The van der Waals surface area contributed by atoms with Crippen molar-refractivity contribution < 1.29 is 69.5 Å². The molecule has 0 aliphatic heterocycles. The predicted molar refractivity (Wildman–Crippen MR) is 60.6 cm³/mol. The third-order valence-corrected chi connectivity index (χ3v) is 2.49. The van der Waals surface area contributed by atoms with E-state index in [0.29, 0.717) is 6.42 Å². The Hall–Kier alpha value is 1.28. The third kappa shape index (κ3) is 17.9. The minimum absolute atomic E-state index is 0. The summed E-state index contributed by atoms with van der Waals surface area (Å²) in [7, 11) is 0. The zero-order chi connectivity index (χ0) is 10.6. The van der Waals surface area contributed by atoms with Crippen LogP contribution in [0.3, 0.4) is 0 Å². The summed E-state index contributed by atoms with van der Waals surface area (Å²) >= 11 is 0. The van der Waals surface area contributed by atoms with Crippen molar-refractivity contribution in [2.75, 3.05) is 0 Å². The molecule has 0 atom stereocenters. The minimum Gasteiger partial charge on any atom is -1.00 e. The molecule has 0 aromatic heterocycles. The van der Waals surface area contributed by atoms with Crippen LogP contribution in [0.4, 0.5) is 0 Å². The van der Waals surface area contributed by atoms with Gasteiger partial charge in [-0.15, -0.1) is 0 Å². The van der Waals surface area contributed by atoms with E-state index in [2.05, 4.69) is 6.92 Å². The van der Waals surface area contributed by atoms with Crippen LogP contribution in [0.1, 0.15) is 72.6 Å². The molecule has 0 saturated carbocycles. The van der Waals surface area contributed by atoms with E-state index in [1.807, 2.05) is 0 Å².